The summed E-state index contributed by atoms with van der Waals surface area (Å²) < 4.78 is 7.62. The van der Waals surface area contributed by atoms with Gasteiger partial charge >= 0.3 is 0 Å². The molecule has 2 fully saturated rings. The Hall–Kier alpha value is -1.40. The Balaban J connectivity index is 1.56. The molecule has 0 bridgehead atoms. The van der Waals surface area contributed by atoms with Gasteiger partial charge in [0.05, 0.1) is 30.0 Å². The molecule has 0 radical (unpaired) electrons. The van der Waals surface area contributed by atoms with Crippen LogP contribution in [0.15, 0.2) is 0 Å². The summed E-state index contributed by atoms with van der Waals surface area (Å²) in [6.45, 7) is 4.03. The Labute approximate surface area is 142 Å². The first-order valence-corrected chi connectivity index (χ1v) is 9.02. The average Bonchev–Trinajstić information content (AvgIpc) is 2.77. The Morgan fingerprint density at radius 1 is 1.42 bits per heavy atom. The Morgan fingerprint density at radius 2 is 2.12 bits per heavy atom. The minimum absolute atomic E-state index is 0.00539. The zero-order valence-electron chi connectivity index (χ0n) is 14.8. The predicted molar refractivity (Wildman–Crippen MR) is 88.7 cm³/mol. The summed E-state index contributed by atoms with van der Waals surface area (Å²) in [5.74, 6) is -0.156. The van der Waals surface area contributed by atoms with Gasteiger partial charge in [-0.25, -0.2) is 0 Å². The highest BCUT2D eigenvalue weighted by Crippen LogP contribution is 2.60. The van der Waals surface area contributed by atoms with Gasteiger partial charge in [0.15, 0.2) is 5.69 Å². The lowest BCUT2D eigenvalue weighted by molar-refractivity contribution is -0.0796. The molecule has 2 heterocycles. The fraction of sp³-hybridized carbons (Fsp3) is 0.778. The molecule has 1 aromatic heterocycles. The highest BCUT2D eigenvalue weighted by Gasteiger charge is 2.57. The number of carbonyl (C=O) groups excluding carboxylic acids is 1. The van der Waals surface area contributed by atoms with Crippen molar-refractivity contribution in [3.05, 3.63) is 17.0 Å². The summed E-state index contributed by atoms with van der Waals surface area (Å²) in [6.07, 6.45) is 6.26. The summed E-state index contributed by atoms with van der Waals surface area (Å²) in [6, 6.07) is 0. The molecule has 0 saturated heterocycles. The maximum Gasteiger partial charge on any atom is 0.272 e. The number of carbonyl (C=O) groups is 1. The van der Waals surface area contributed by atoms with Gasteiger partial charge in [-0.2, -0.15) is 5.10 Å². The number of aliphatic hydroxyl groups excluding tert-OH is 1. The second-order valence-corrected chi connectivity index (χ2v) is 8.23. The van der Waals surface area contributed by atoms with E-state index in [2.05, 4.69) is 10.4 Å². The fourth-order valence-electron chi connectivity index (χ4n) is 5.18. The number of hydrogen-bond acceptors (Lipinski definition) is 4. The zero-order valence-corrected chi connectivity index (χ0v) is 14.8. The molecular weight excluding hydrogens is 306 g/mol. The molecule has 0 unspecified atom stereocenters. The van der Waals surface area contributed by atoms with Crippen LogP contribution in [-0.4, -0.2) is 39.0 Å². The van der Waals surface area contributed by atoms with Crippen molar-refractivity contribution in [3.63, 3.8) is 0 Å². The summed E-state index contributed by atoms with van der Waals surface area (Å²) in [5, 5.41) is 17.4. The van der Waals surface area contributed by atoms with Crippen LogP contribution in [0.25, 0.3) is 0 Å². The van der Waals surface area contributed by atoms with Gasteiger partial charge in [-0.05, 0) is 44.9 Å². The van der Waals surface area contributed by atoms with Crippen LogP contribution < -0.4 is 5.32 Å². The van der Waals surface area contributed by atoms with Crippen LogP contribution in [0.2, 0.25) is 0 Å². The minimum atomic E-state index is -0.454. The quantitative estimate of drug-likeness (QED) is 0.885. The number of fused-ring (bicyclic) bond motifs is 1. The first-order chi connectivity index (χ1) is 11.4. The lowest BCUT2D eigenvalue weighted by atomic mass is 9.48. The number of ether oxygens (including phenoxy) is 1. The van der Waals surface area contributed by atoms with Gasteiger partial charge in [-0.3, -0.25) is 9.48 Å². The molecule has 2 N–H and O–H groups in total. The van der Waals surface area contributed by atoms with Crippen LogP contribution in [0.1, 0.15) is 73.8 Å². The molecule has 2 aliphatic carbocycles. The molecule has 0 aromatic carbocycles. The fourth-order valence-corrected chi connectivity index (χ4v) is 5.18. The third-order valence-corrected chi connectivity index (χ3v) is 6.24. The van der Waals surface area contributed by atoms with Gasteiger partial charge in [0, 0.05) is 19.0 Å². The predicted octanol–water partition coefficient (Wildman–Crippen LogP) is 1.87. The van der Waals surface area contributed by atoms with E-state index in [1.54, 1.807) is 4.68 Å². The van der Waals surface area contributed by atoms with E-state index in [1.807, 2.05) is 20.9 Å². The molecule has 2 saturated carbocycles. The molecule has 4 rings (SSSR count). The van der Waals surface area contributed by atoms with Crippen LogP contribution in [0.3, 0.4) is 0 Å². The third-order valence-electron chi connectivity index (χ3n) is 6.24. The summed E-state index contributed by atoms with van der Waals surface area (Å²) in [7, 11) is 1.86. The lowest BCUT2D eigenvalue weighted by Crippen LogP contribution is -2.66. The van der Waals surface area contributed by atoms with Crippen molar-refractivity contribution in [2.24, 2.45) is 12.5 Å². The van der Waals surface area contributed by atoms with Crippen LogP contribution >= 0.6 is 0 Å². The summed E-state index contributed by atoms with van der Waals surface area (Å²) in [5.41, 5.74) is 2.41. The molecule has 1 aromatic rings. The molecular formula is C18H27N3O3. The number of aliphatic hydroxyl groups is 1. The second kappa shape index (κ2) is 5.30. The first kappa shape index (κ1) is 16.1. The van der Waals surface area contributed by atoms with E-state index in [0.29, 0.717) is 17.5 Å². The Morgan fingerprint density at radius 3 is 2.71 bits per heavy atom. The maximum absolute atomic E-state index is 12.9. The van der Waals surface area contributed by atoms with Gasteiger partial charge in [0.25, 0.3) is 5.91 Å². The molecule has 132 valence electrons. The van der Waals surface area contributed by atoms with E-state index in [4.69, 9.17) is 4.74 Å². The largest absolute Gasteiger partial charge is 0.394 e. The van der Waals surface area contributed by atoms with Crippen molar-refractivity contribution < 1.29 is 14.6 Å². The van der Waals surface area contributed by atoms with Crippen molar-refractivity contribution in [2.45, 2.75) is 70.1 Å². The van der Waals surface area contributed by atoms with Gasteiger partial charge in [0.2, 0.25) is 0 Å². The van der Waals surface area contributed by atoms with Crippen molar-refractivity contribution in [1.82, 2.24) is 15.1 Å². The van der Waals surface area contributed by atoms with Crippen LogP contribution in [-0.2, 0) is 18.2 Å². The molecule has 6 nitrogen and oxygen atoms in total. The van der Waals surface area contributed by atoms with Crippen molar-refractivity contribution in [2.75, 3.05) is 6.61 Å². The normalized spacial score (nSPS) is 29.5. The van der Waals surface area contributed by atoms with Crippen LogP contribution in [0.5, 0.6) is 0 Å². The second-order valence-electron chi connectivity index (χ2n) is 8.23. The first-order valence-electron chi connectivity index (χ1n) is 9.02. The monoisotopic (exact) mass is 333 g/mol. The molecule has 1 amide bonds. The lowest BCUT2D eigenvalue weighted by Gasteiger charge is -2.60. The average molecular weight is 333 g/mol. The van der Waals surface area contributed by atoms with Gasteiger partial charge in [-0.15, -0.1) is 0 Å². The molecule has 2 atom stereocenters. The van der Waals surface area contributed by atoms with Crippen LogP contribution in [0.4, 0.5) is 0 Å². The van der Waals surface area contributed by atoms with E-state index >= 15 is 0 Å². The van der Waals surface area contributed by atoms with E-state index < -0.39 is 5.54 Å². The molecule has 1 aliphatic heterocycles. The number of aryl methyl sites for hydroxylation is 1. The SMILES string of the molecule is C[C@@H]1Cc2c(C(=O)NC3(CO)CC4(CCC4)C3)nn(C)c2[C@H](C)O1. The summed E-state index contributed by atoms with van der Waals surface area (Å²) in [4.78, 5) is 12.9. The molecule has 24 heavy (non-hydrogen) atoms. The molecule has 3 aliphatic rings. The molecule has 6 heteroatoms. The number of hydrogen-bond donors (Lipinski definition) is 2. The zero-order chi connectivity index (χ0) is 17.1. The van der Waals surface area contributed by atoms with Crippen molar-refractivity contribution >= 4 is 5.91 Å². The van der Waals surface area contributed by atoms with Gasteiger partial charge in [-0.1, -0.05) is 6.42 Å². The number of nitrogens with zero attached hydrogens (tertiary/aromatic N) is 2. The number of nitrogens with one attached hydrogen (secondary N) is 1. The Kier molecular flexibility index (Phi) is 3.55. The summed E-state index contributed by atoms with van der Waals surface area (Å²) >= 11 is 0. The number of rotatable bonds is 3. The van der Waals surface area contributed by atoms with Gasteiger partial charge in [0.1, 0.15) is 0 Å². The van der Waals surface area contributed by atoms with E-state index in [0.717, 1.165) is 24.1 Å². The highest BCUT2D eigenvalue weighted by molar-refractivity contribution is 5.94. The van der Waals surface area contributed by atoms with Gasteiger partial charge < -0.3 is 15.2 Å². The number of aromatic nitrogens is 2. The maximum atomic E-state index is 12.9. The van der Waals surface area contributed by atoms with Crippen molar-refractivity contribution in [1.29, 1.82) is 0 Å². The Bertz CT molecular complexity index is 669. The highest BCUT2D eigenvalue weighted by atomic mass is 16.5. The standard InChI is InChI=1S/C18H27N3O3/c1-11-7-13-14(20-21(3)15(13)12(2)24-11)16(23)19-18(10-22)8-17(9-18)5-4-6-17/h11-12,22H,4-10H2,1-3H3,(H,19,23)/t11-,12+/m1/s1. The van der Waals surface area contributed by atoms with E-state index in [1.165, 1.54) is 19.3 Å². The number of amides is 1. The topological polar surface area (TPSA) is 76.4 Å². The minimum Gasteiger partial charge on any atom is -0.394 e. The smallest absolute Gasteiger partial charge is 0.272 e. The molecule has 1 spiro atoms. The van der Waals surface area contributed by atoms with E-state index in [9.17, 15) is 9.90 Å². The van der Waals surface area contributed by atoms with Crippen LogP contribution in [0, 0.1) is 5.41 Å². The third kappa shape index (κ3) is 2.30. The van der Waals surface area contributed by atoms with E-state index in [-0.39, 0.29) is 24.7 Å². The van der Waals surface area contributed by atoms with Crippen molar-refractivity contribution in [3.8, 4) is 0 Å².